The topological polar surface area (TPSA) is 49.3 Å². The Morgan fingerprint density at radius 3 is 2.21 bits per heavy atom. The highest BCUT2D eigenvalue weighted by Gasteiger charge is 2.12. The number of rotatable bonds is 12. The maximum atomic E-state index is 5.58. The fraction of sp³-hybridized carbons (Fsp3) is 0.632. The first-order chi connectivity index (χ1) is 11.7. The lowest BCUT2D eigenvalue weighted by atomic mass is 10.0. The van der Waals surface area contributed by atoms with Crippen LogP contribution in [-0.2, 0) is 9.47 Å². The molecule has 24 heavy (non-hydrogen) atoms. The van der Waals surface area contributed by atoms with Gasteiger partial charge in [-0.25, -0.2) is 0 Å². The van der Waals surface area contributed by atoms with Crippen LogP contribution in [0.1, 0.15) is 45.6 Å². The summed E-state index contributed by atoms with van der Waals surface area (Å²) in [6.07, 6.45) is 2.82. The first-order valence-electron chi connectivity index (χ1n) is 8.68. The zero-order chi connectivity index (χ0) is 17.8. The highest BCUT2D eigenvalue weighted by Crippen LogP contribution is 2.28. The molecule has 5 nitrogen and oxygen atoms in total. The maximum Gasteiger partial charge on any atom is 0.176 e. The van der Waals surface area contributed by atoms with E-state index >= 15 is 0 Å². The summed E-state index contributed by atoms with van der Waals surface area (Å²) >= 11 is 0. The molecule has 0 aliphatic carbocycles. The molecule has 0 radical (unpaired) electrons. The molecule has 0 N–H and O–H groups in total. The highest BCUT2D eigenvalue weighted by atomic mass is 16.7. The van der Waals surface area contributed by atoms with Crippen LogP contribution in [-0.4, -0.2) is 46.0 Å². The summed E-state index contributed by atoms with van der Waals surface area (Å²) in [5.41, 5.74) is 2.09. The van der Waals surface area contributed by atoms with Gasteiger partial charge in [0.05, 0.1) is 20.8 Å². The first-order valence-corrected chi connectivity index (χ1v) is 8.68. The van der Waals surface area contributed by atoms with Crippen LogP contribution in [0.3, 0.4) is 0 Å². The summed E-state index contributed by atoms with van der Waals surface area (Å²) in [6.45, 7) is 7.82. The number of unbranched alkanes of at least 4 members (excludes halogenated alkanes) is 1. The molecule has 0 aromatic heterocycles. The van der Waals surface area contributed by atoms with Crippen LogP contribution in [0.25, 0.3) is 0 Å². The van der Waals surface area contributed by atoms with Crippen molar-refractivity contribution < 1.29 is 18.9 Å². The maximum absolute atomic E-state index is 5.58. The van der Waals surface area contributed by atoms with Gasteiger partial charge in [0.2, 0.25) is 0 Å². The molecule has 0 amide bonds. The average Bonchev–Trinajstić information content (AvgIpc) is 2.61. The average molecular weight is 337 g/mol. The number of hydrogen-bond acceptors (Lipinski definition) is 5. The minimum atomic E-state index is -0.295. The highest BCUT2D eigenvalue weighted by molar-refractivity contribution is 6.01. The Morgan fingerprint density at radius 1 is 1.00 bits per heavy atom. The van der Waals surface area contributed by atoms with E-state index < -0.39 is 0 Å². The van der Waals surface area contributed by atoms with Crippen LogP contribution < -0.4 is 9.47 Å². The van der Waals surface area contributed by atoms with E-state index in [4.69, 9.17) is 23.9 Å². The number of hydrogen-bond donors (Lipinski definition) is 0. The molecule has 0 bridgehead atoms. The van der Waals surface area contributed by atoms with Gasteiger partial charge in [-0.05, 0) is 50.5 Å². The summed E-state index contributed by atoms with van der Waals surface area (Å²) in [7, 11) is 3.28. The van der Waals surface area contributed by atoms with Crippen molar-refractivity contribution in [3.05, 3.63) is 23.8 Å². The van der Waals surface area contributed by atoms with Gasteiger partial charge in [0.25, 0.3) is 0 Å². The molecule has 1 aromatic carbocycles. The van der Waals surface area contributed by atoms with Crippen molar-refractivity contribution in [2.24, 2.45) is 4.99 Å². The van der Waals surface area contributed by atoms with Crippen LogP contribution in [0.4, 0.5) is 0 Å². The summed E-state index contributed by atoms with van der Waals surface area (Å²) < 4.78 is 21.9. The molecule has 1 rings (SSSR count). The Bertz CT molecular complexity index is 496. The molecule has 0 aliphatic rings. The minimum Gasteiger partial charge on any atom is -0.493 e. The zero-order valence-corrected chi connectivity index (χ0v) is 15.6. The third-order valence-corrected chi connectivity index (χ3v) is 3.62. The lowest BCUT2D eigenvalue weighted by molar-refractivity contribution is -0.128. The van der Waals surface area contributed by atoms with Gasteiger partial charge in [-0.1, -0.05) is 13.3 Å². The third-order valence-electron chi connectivity index (χ3n) is 3.62. The molecule has 5 heteroatoms. The van der Waals surface area contributed by atoms with Crippen LogP contribution in [0.2, 0.25) is 0 Å². The van der Waals surface area contributed by atoms with Crippen molar-refractivity contribution in [1.29, 1.82) is 0 Å². The van der Waals surface area contributed by atoms with Crippen LogP contribution in [0, 0.1) is 0 Å². The van der Waals surface area contributed by atoms with Gasteiger partial charge < -0.3 is 18.9 Å². The molecule has 0 spiro atoms. The van der Waals surface area contributed by atoms with Gasteiger partial charge in [0.15, 0.2) is 17.8 Å². The number of nitrogens with zero attached hydrogens (tertiary/aromatic N) is 1. The van der Waals surface area contributed by atoms with Gasteiger partial charge in [0.1, 0.15) is 0 Å². The Hall–Kier alpha value is -1.59. The molecule has 1 aromatic rings. The summed E-state index contributed by atoms with van der Waals surface area (Å²) in [4.78, 5) is 4.77. The van der Waals surface area contributed by atoms with E-state index in [2.05, 4.69) is 6.92 Å². The summed E-state index contributed by atoms with van der Waals surface area (Å²) in [5.74, 6) is 1.43. The van der Waals surface area contributed by atoms with E-state index in [0.717, 1.165) is 36.3 Å². The SMILES string of the molecule is CCCCC(=NCC(OCC)OCC)c1ccc(OC)c(OC)c1. The Balaban J connectivity index is 3.00. The molecule has 0 saturated heterocycles. The second kappa shape index (κ2) is 11.9. The van der Waals surface area contributed by atoms with Gasteiger partial charge in [-0.2, -0.15) is 0 Å². The van der Waals surface area contributed by atoms with E-state index in [1.165, 1.54) is 0 Å². The molecule has 0 saturated carbocycles. The predicted molar refractivity (Wildman–Crippen MR) is 97.5 cm³/mol. The van der Waals surface area contributed by atoms with E-state index in [9.17, 15) is 0 Å². The van der Waals surface area contributed by atoms with E-state index in [0.29, 0.717) is 25.5 Å². The minimum absolute atomic E-state index is 0.295. The smallest absolute Gasteiger partial charge is 0.176 e. The quantitative estimate of drug-likeness (QED) is 0.426. The third kappa shape index (κ3) is 6.49. The van der Waals surface area contributed by atoms with Crippen molar-refractivity contribution in [1.82, 2.24) is 0 Å². The molecule has 0 heterocycles. The Morgan fingerprint density at radius 2 is 1.67 bits per heavy atom. The fourth-order valence-electron chi connectivity index (χ4n) is 2.38. The van der Waals surface area contributed by atoms with Crippen LogP contribution in [0.15, 0.2) is 23.2 Å². The van der Waals surface area contributed by atoms with Crippen molar-refractivity contribution in [3.8, 4) is 11.5 Å². The van der Waals surface area contributed by atoms with Crippen molar-refractivity contribution >= 4 is 5.71 Å². The van der Waals surface area contributed by atoms with Crippen molar-refractivity contribution in [2.45, 2.75) is 46.3 Å². The van der Waals surface area contributed by atoms with E-state index in [1.54, 1.807) is 14.2 Å². The van der Waals surface area contributed by atoms with Crippen LogP contribution in [0.5, 0.6) is 11.5 Å². The fourth-order valence-corrected chi connectivity index (χ4v) is 2.38. The number of ether oxygens (including phenoxy) is 4. The largest absolute Gasteiger partial charge is 0.493 e. The first kappa shape index (κ1) is 20.5. The van der Waals surface area contributed by atoms with E-state index in [-0.39, 0.29) is 6.29 Å². The number of benzene rings is 1. The second-order valence-electron chi connectivity index (χ2n) is 5.30. The zero-order valence-electron chi connectivity index (χ0n) is 15.6. The molecular formula is C19H31NO4. The molecule has 0 unspecified atom stereocenters. The Labute approximate surface area is 146 Å². The van der Waals surface area contributed by atoms with Crippen molar-refractivity contribution in [3.63, 3.8) is 0 Å². The van der Waals surface area contributed by atoms with E-state index in [1.807, 2.05) is 32.0 Å². The normalized spacial score (nSPS) is 11.8. The monoisotopic (exact) mass is 337 g/mol. The molecule has 0 atom stereocenters. The number of methoxy groups -OCH3 is 2. The summed E-state index contributed by atoms with van der Waals surface area (Å²) in [5, 5.41) is 0. The molecule has 0 fully saturated rings. The standard InChI is InChI=1S/C19H31NO4/c1-6-9-10-16(20-14-19(23-7-2)24-8-3)15-11-12-17(21-4)18(13-15)22-5/h11-13,19H,6-10,14H2,1-5H3. The van der Waals surface area contributed by atoms with Gasteiger partial charge >= 0.3 is 0 Å². The van der Waals surface area contributed by atoms with Crippen LogP contribution >= 0.6 is 0 Å². The molecule has 136 valence electrons. The van der Waals surface area contributed by atoms with Gasteiger partial charge in [0, 0.05) is 18.9 Å². The molecule has 0 aliphatic heterocycles. The predicted octanol–water partition coefficient (Wildman–Crippen LogP) is 4.08. The lowest BCUT2D eigenvalue weighted by Crippen LogP contribution is -2.21. The lowest BCUT2D eigenvalue weighted by Gasteiger charge is -2.16. The van der Waals surface area contributed by atoms with Gasteiger partial charge in [-0.3, -0.25) is 4.99 Å². The Kier molecular flexibility index (Phi) is 10.1. The van der Waals surface area contributed by atoms with Gasteiger partial charge in [-0.15, -0.1) is 0 Å². The number of aliphatic imine (C=N–C) groups is 1. The second-order valence-corrected chi connectivity index (χ2v) is 5.30. The summed E-state index contributed by atoms with van der Waals surface area (Å²) in [6, 6.07) is 5.91. The molecular weight excluding hydrogens is 306 g/mol. The van der Waals surface area contributed by atoms with Crippen molar-refractivity contribution in [2.75, 3.05) is 34.0 Å².